The highest BCUT2D eigenvalue weighted by Crippen LogP contribution is 2.30. The number of aromatic nitrogens is 1. The number of nitrogens with zero attached hydrogens (tertiary/aromatic N) is 3. The molecule has 3 rings (SSSR count). The predicted octanol–water partition coefficient (Wildman–Crippen LogP) is 2.78. The maximum Gasteiger partial charge on any atom is 0.271 e. The second-order valence-corrected chi connectivity index (χ2v) is 6.44. The second-order valence-electron chi connectivity index (χ2n) is 5.43. The molecular formula is C14H18N4O2S. The highest BCUT2D eigenvalue weighted by molar-refractivity contribution is 7.22. The van der Waals surface area contributed by atoms with E-state index in [-0.39, 0.29) is 10.6 Å². The summed E-state index contributed by atoms with van der Waals surface area (Å²) in [4.78, 5) is 17.1. The van der Waals surface area contributed by atoms with E-state index in [0.717, 1.165) is 22.9 Å². The lowest BCUT2D eigenvalue weighted by Gasteiger charge is -2.27. The van der Waals surface area contributed by atoms with Crippen LogP contribution in [0.25, 0.3) is 10.2 Å². The number of piperidine rings is 1. The van der Waals surface area contributed by atoms with Crippen molar-refractivity contribution in [2.45, 2.75) is 25.3 Å². The number of benzene rings is 1. The smallest absolute Gasteiger partial charge is 0.271 e. The second kappa shape index (κ2) is 5.95. The first-order chi connectivity index (χ1) is 10.1. The van der Waals surface area contributed by atoms with E-state index in [1.54, 1.807) is 23.5 Å². The fourth-order valence-corrected chi connectivity index (χ4v) is 3.59. The Hall–Kier alpha value is -1.73. The number of thiazole rings is 1. The molecule has 7 heteroatoms. The van der Waals surface area contributed by atoms with Crippen LogP contribution in [0.3, 0.4) is 0 Å². The van der Waals surface area contributed by atoms with Crippen LogP contribution in [-0.4, -0.2) is 36.1 Å². The van der Waals surface area contributed by atoms with Gasteiger partial charge in [0.1, 0.15) is 0 Å². The van der Waals surface area contributed by atoms with Crippen LogP contribution in [0.2, 0.25) is 0 Å². The molecule has 1 aliphatic heterocycles. The van der Waals surface area contributed by atoms with Gasteiger partial charge in [-0.15, -0.1) is 0 Å². The lowest BCUT2D eigenvalue weighted by Crippen LogP contribution is -2.42. The Morgan fingerprint density at radius 2 is 2.38 bits per heavy atom. The first-order valence-electron chi connectivity index (χ1n) is 7.13. The standard InChI is InChI=1S/C14H18N4O2S/c1-17(9-10-4-2-3-7-15-10)14-16-12-8-11(18(19)20)5-6-13(12)21-14/h5-6,8,10,15H,2-4,7,9H2,1H3/t10-/m1/s1. The summed E-state index contributed by atoms with van der Waals surface area (Å²) in [5.74, 6) is 0. The van der Waals surface area contributed by atoms with Crippen molar-refractivity contribution in [3.63, 3.8) is 0 Å². The highest BCUT2D eigenvalue weighted by atomic mass is 32.1. The Morgan fingerprint density at radius 1 is 1.52 bits per heavy atom. The van der Waals surface area contributed by atoms with E-state index in [4.69, 9.17) is 0 Å². The molecule has 6 nitrogen and oxygen atoms in total. The molecule has 0 aliphatic carbocycles. The van der Waals surface area contributed by atoms with E-state index in [1.807, 2.05) is 7.05 Å². The van der Waals surface area contributed by atoms with E-state index in [0.29, 0.717) is 11.6 Å². The molecule has 0 radical (unpaired) electrons. The van der Waals surface area contributed by atoms with Crippen molar-refractivity contribution >= 4 is 32.4 Å². The third kappa shape index (κ3) is 3.14. The molecule has 0 spiro atoms. The third-order valence-corrected chi connectivity index (χ3v) is 4.95. The zero-order chi connectivity index (χ0) is 14.8. The fraction of sp³-hybridized carbons (Fsp3) is 0.500. The summed E-state index contributed by atoms with van der Waals surface area (Å²) in [6.45, 7) is 2.01. The van der Waals surface area contributed by atoms with E-state index in [9.17, 15) is 10.1 Å². The van der Waals surface area contributed by atoms with Crippen LogP contribution in [-0.2, 0) is 0 Å². The van der Waals surface area contributed by atoms with Crippen molar-refractivity contribution in [2.75, 3.05) is 25.0 Å². The van der Waals surface area contributed by atoms with Crippen LogP contribution in [0, 0.1) is 10.1 Å². The molecule has 0 bridgehead atoms. The lowest BCUT2D eigenvalue weighted by atomic mass is 10.1. The van der Waals surface area contributed by atoms with Crippen molar-refractivity contribution in [1.29, 1.82) is 0 Å². The molecule has 0 unspecified atom stereocenters. The summed E-state index contributed by atoms with van der Waals surface area (Å²) >= 11 is 1.58. The molecule has 21 heavy (non-hydrogen) atoms. The number of rotatable bonds is 4. The van der Waals surface area contributed by atoms with E-state index in [1.165, 1.54) is 25.3 Å². The van der Waals surface area contributed by atoms with Crippen molar-refractivity contribution in [3.05, 3.63) is 28.3 Å². The molecule has 1 N–H and O–H groups in total. The number of nitro groups is 1. The molecule has 0 saturated carbocycles. The maximum atomic E-state index is 10.8. The van der Waals surface area contributed by atoms with E-state index < -0.39 is 0 Å². The SMILES string of the molecule is CN(C[C@H]1CCCCN1)c1nc2cc([N+](=O)[O-])ccc2s1. The van der Waals surface area contributed by atoms with E-state index >= 15 is 0 Å². The molecule has 1 aromatic heterocycles. The average Bonchev–Trinajstić information content (AvgIpc) is 2.91. The minimum absolute atomic E-state index is 0.0935. The average molecular weight is 306 g/mol. The normalized spacial score (nSPS) is 18.8. The van der Waals surface area contributed by atoms with Crippen molar-refractivity contribution in [1.82, 2.24) is 10.3 Å². The molecule has 1 aliphatic rings. The number of non-ortho nitro benzene ring substituents is 1. The van der Waals surface area contributed by atoms with Gasteiger partial charge in [0.2, 0.25) is 0 Å². The quantitative estimate of drug-likeness (QED) is 0.694. The lowest BCUT2D eigenvalue weighted by molar-refractivity contribution is -0.384. The van der Waals surface area contributed by atoms with Gasteiger partial charge in [0.15, 0.2) is 5.13 Å². The van der Waals surface area contributed by atoms with Crippen LogP contribution in [0.15, 0.2) is 18.2 Å². The molecule has 1 atom stereocenters. The fourth-order valence-electron chi connectivity index (χ4n) is 2.67. The van der Waals surface area contributed by atoms with Crippen LogP contribution >= 0.6 is 11.3 Å². The summed E-state index contributed by atoms with van der Waals surface area (Å²) in [5.41, 5.74) is 0.795. The Balaban J connectivity index is 1.78. The minimum atomic E-state index is -0.381. The summed E-state index contributed by atoms with van der Waals surface area (Å²) in [6.07, 6.45) is 3.73. The first kappa shape index (κ1) is 14.2. The summed E-state index contributed by atoms with van der Waals surface area (Å²) in [5, 5.41) is 15.2. The Labute approximate surface area is 126 Å². The topological polar surface area (TPSA) is 71.3 Å². The van der Waals surface area contributed by atoms with Gasteiger partial charge >= 0.3 is 0 Å². The largest absolute Gasteiger partial charge is 0.350 e. The molecule has 2 heterocycles. The van der Waals surface area contributed by atoms with Gasteiger partial charge < -0.3 is 10.2 Å². The van der Waals surface area contributed by atoms with Crippen molar-refractivity contribution < 1.29 is 4.92 Å². The zero-order valence-electron chi connectivity index (χ0n) is 11.9. The number of nitrogens with one attached hydrogen (secondary N) is 1. The monoisotopic (exact) mass is 306 g/mol. The van der Waals surface area contributed by atoms with E-state index in [2.05, 4.69) is 15.2 Å². The van der Waals surface area contributed by atoms with Crippen LogP contribution < -0.4 is 10.2 Å². The highest BCUT2D eigenvalue weighted by Gasteiger charge is 2.17. The number of hydrogen-bond donors (Lipinski definition) is 1. The van der Waals surface area contributed by atoms with Crippen molar-refractivity contribution in [3.8, 4) is 0 Å². The van der Waals surface area contributed by atoms with Gasteiger partial charge in [-0.05, 0) is 25.5 Å². The number of fused-ring (bicyclic) bond motifs is 1. The summed E-state index contributed by atoms with van der Waals surface area (Å²) in [6, 6.07) is 5.36. The summed E-state index contributed by atoms with van der Waals surface area (Å²) in [7, 11) is 2.03. The molecule has 0 amide bonds. The molecule has 1 aromatic carbocycles. The Morgan fingerprint density at radius 3 is 3.10 bits per heavy atom. The first-order valence-corrected chi connectivity index (χ1v) is 7.94. The van der Waals surface area contributed by atoms with Crippen LogP contribution in [0.4, 0.5) is 10.8 Å². The summed E-state index contributed by atoms with van der Waals surface area (Å²) < 4.78 is 0.985. The number of nitro benzene ring substituents is 1. The maximum absolute atomic E-state index is 10.8. The van der Waals surface area contributed by atoms with Gasteiger partial charge in [-0.3, -0.25) is 10.1 Å². The predicted molar refractivity (Wildman–Crippen MR) is 85.2 cm³/mol. The van der Waals surface area contributed by atoms with Gasteiger partial charge in [0.05, 0.1) is 15.1 Å². The van der Waals surface area contributed by atoms with Gasteiger partial charge in [-0.2, -0.15) is 0 Å². The molecule has 1 fully saturated rings. The van der Waals surface area contributed by atoms with Crippen LogP contribution in [0.1, 0.15) is 19.3 Å². The third-order valence-electron chi connectivity index (χ3n) is 3.80. The number of hydrogen-bond acceptors (Lipinski definition) is 6. The Bertz CT molecular complexity index is 651. The van der Waals surface area contributed by atoms with Crippen molar-refractivity contribution in [2.24, 2.45) is 0 Å². The minimum Gasteiger partial charge on any atom is -0.350 e. The molecule has 112 valence electrons. The Kier molecular flexibility index (Phi) is 4.03. The zero-order valence-corrected chi connectivity index (χ0v) is 12.7. The van der Waals surface area contributed by atoms with Gasteiger partial charge in [0, 0.05) is 31.8 Å². The van der Waals surface area contributed by atoms with Gasteiger partial charge in [-0.25, -0.2) is 4.98 Å². The van der Waals surface area contributed by atoms with Gasteiger partial charge in [0.25, 0.3) is 5.69 Å². The number of anilines is 1. The molecular weight excluding hydrogens is 288 g/mol. The van der Waals surface area contributed by atoms with Gasteiger partial charge in [-0.1, -0.05) is 17.8 Å². The molecule has 2 aromatic rings. The molecule has 1 saturated heterocycles. The van der Waals surface area contributed by atoms with Crippen LogP contribution in [0.5, 0.6) is 0 Å². The number of likely N-dealkylation sites (N-methyl/N-ethyl adjacent to an activating group) is 1.